The second kappa shape index (κ2) is 13.7. The molecule has 17 heteroatoms. The number of amides is 1. The van der Waals surface area contributed by atoms with Crippen LogP contribution < -0.4 is 4.90 Å². The maximum atomic E-state index is 14.8. The van der Waals surface area contributed by atoms with Crippen molar-refractivity contribution in [2.75, 3.05) is 18.3 Å². The predicted octanol–water partition coefficient (Wildman–Crippen LogP) is 4.99. The fourth-order valence-electron chi connectivity index (χ4n) is 4.35. The molecule has 0 bridgehead atoms. The van der Waals surface area contributed by atoms with Crippen molar-refractivity contribution in [2.45, 2.75) is 75.9 Å². The van der Waals surface area contributed by atoms with Crippen LogP contribution >= 0.6 is 0 Å². The zero-order chi connectivity index (χ0) is 28.8. The van der Waals surface area contributed by atoms with Gasteiger partial charge in [-0.05, 0) is 50.8 Å². The number of halogens is 5. The third-order valence-corrected chi connectivity index (χ3v) is 24.0. The second-order valence-corrected chi connectivity index (χ2v) is 25.8. The van der Waals surface area contributed by atoms with Gasteiger partial charge in [0.1, 0.15) is 0 Å². The van der Waals surface area contributed by atoms with E-state index in [1.165, 1.54) is 24.3 Å². The zero-order valence-electron chi connectivity index (χ0n) is 22.6. The van der Waals surface area contributed by atoms with Gasteiger partial charge in [0.05, 0.1) is 0 Å². The summed E-state index contributed by atoms with van der Waals surface area (Å²) in [5, 5.41) is 0. The molecule has 7 nitrogen and oxygen atoms in total. The number of benzene rings is 1. The highest BCUT2D eigenvalue weighted by molar-refractivity contribution is 6.83. The first kappa shape index (κ1) is 33.4. The van der Waals surface area contributed by atoms with E-state index in [0.717, 1.165) is 12.1 Å². The van der Waals surface area contributed by atoms with Gasteiger partial charge in [0.2, 0.25) is 0 Å². The molecule has 2 rings (SSSR count). The van der Waals surface area contributed by atoms with Gasteiger partial charge in [0.15, 0.2) is 6.86 Å². The van der Waals surface area contributed by atoms with Gasteiger partial charge in [0, 0.05) is 20.3 Å². The number of nitrogens with zero attached hydrogens (tertiary/aromatic N) is 1. The Kier molecular flexibility index (Phi) is 12.1. The molecule has 0 aliphatic carbocycles. The number of carbonyl (C=O) groups excluding carboxylic acids is 1. The van der Waals surface area contributed by atoms with Gasteiger partial charge in [-0.2, -0.15) is 17.6 Å². The molecule has 1 fully saturated rings. The molecule has 0 spiro atoms. The standard InChI is InChI=1S/C21H38F5NO6Si5/c1-34-30-35(2)32-38(6,33-36(3)31-34)16-15-37(4,5)14-10-13-27(18-11-8-7-9-12-18)19(28)20(23,29-17-22)21(24,25)26/h7-9,11-12,34-36H,10,13-17H2,1-6H3. The maximum absolute atomic E-state index is 14.8. The van der Waals surface area contributed by atoms with Crippen molar-refractivity contribution in [3.05, 3.63) is 30.3 Å². The Morgan fingerprint density at radius 3 is 2.05 bits per heavy atom. The Morgan fingerprint density at radius 1 is 1.00 bits per heavy atom. The molecule has 0 aromatic heterocycles. The number of para-hydroxylation sites is 1. The maximum Gasteiger partial charge on any atom is 0.458 e. The van der Waals surface area contributed by atoms with Crippen LogP contribution in [-0.4, -0.2) is 75.8 Å². The van der Waals surface area contributed by atoms with E-state index in [9.17, 15) is 26.7 Å². The molecule has 1 aliphatic rings. The second-order valence-electron chi connectivity index (χ2n) is 10.3. The SMILES string of the molecule is C[SiH]1O[SiH](C)O[Si](C)(CC[Si](C)(C)CCCN(C(=O)C(F)(OCF)C(F)(F)F)c2ccccc2)O[SiH](C)O1. The number of rotatable bonds is 11. The van der Waals surface area contributed by atoms with Crippen LogP contribution in [-0.2, 0) is 26.0 Å². The van der Waals surface area contributed by atoms with Crippen LogP contribution in [0.1, 0.15) is 6.42 Å². The number of alkyl halides is 5. The molecule has 1 heterocycles. The molecule has 218 valence electrons. The summed E-state index contributed by atoms with van der Waals surface area (Å²) in [6, 6.07) is 9.66. The van der Waals surface area contributed by atoms with Crippen LogP contribution in [0.25, 0.3) is 0 Å². The van der Waals surface area contributed by atoms with Gasteiger partial charge in [-0.1, -0.05) is 43.4 Å². The molecule has 1 aromatic rings. The molecule has 38 heavy (non-hydrogen) atoms. The van der Waals surface area contributed by atoms with Crippen molar-refractivity contribution in [3.63, 3.8) is 0 Å². The number of hydrogen-bond donors (Lipinski definition) is 0. The summed E-state index contributed by atoms with van der Waals surface area (Å²) < 4.78 is 96.1. The molecule has 1 saturated heterocycles. The lowest BCUT2D eigenvalue weighted by atomic mass is 10.2. The summed E-state index contributed by atoms with van der Waals surface area (Å²) in [7, 11) is -9.97. The molecule has 3 unspecified atom stereocenters. The van der Waals surface area contributed by atoms with E-state index in [1.807, 2.05) is 26.2 Å². The molecule has 0 radical (unpaired) electrons. The summed E-state index contributed by atoms with van der Waals surface area (Å²) in [6.07, 6.45) is -5.42. The van der Waals surface area contributed by atoms with Gasteiger partial charge >= 0.3 is 26.5 Å². The zero-order valence-corrected chi connectivity index (χ0v) is 28.1. The monoisotopic (exact) mass is 635 g/mol. The highest BCUT2D eigenvalue weighted by Crippen LogP contribution is 2.38. The fourth-order valence-corrected chi connectivity index (χ4v) is 24.1. The normalized spacial score (nSPS) is 26.8. The minimum Gasteiger partial charge on any atom is -0.420 e. The van der Waals surface area contributed by atoms with Crippen LogP contribution in [0.15, 0.2) is 30.3 Å². The van der Waals surface area contributed by atoms with Crippen molar-refractivity contribution in [1.29, 1.82) is 0 Å². The molecular weight excluding hydrogens is 598 g/mol. The smallest absolute Gasteiger partial charge is 0.420 e. The van der Waals surface area contributed by atoms with Crippen molar-refractivity contribution < 1.29 is 47.9 Å². The van der Waals surface area contributed by atoms with Gasteiger partial charge in [-0.15, -0.1) is 0 Å². The molecule has 3 atom stereocenters. The van der Waals surface area contributed by atoms with E-state index in [2.05, 4.69) is 17.8 Å². The topological polar surface area (TPSA) is 66.5 Å². The summed E-state index contributed by atoms with van der Waals surface area (Å²) >= 11 is 0. The Balaban J connectivity index is 2.10. The average Bonchev–Trinajstić information content (AvgIpc) is 2.79. The first-order chi connectivity index (χ1) is 17.5. The lowest BCUT2D eigenvalue weighted by Crippen LogP contribution is -2.57. The molecular formula is C21H38F5NO6Si5. The quantitative estimate of drug-likeness (QED) is 0.252. The van der Waals surface area contributed by atoms with Gasteiger partial charge < -0.3 is 21.4 Å². The Labute approximate surface area is 228 Å². The van der Waals surface area contributed by atoms with Crippen LogP contribution in [0.5, 0.6) is 0 Å². The summed E-state index contributed by atoms with van der Waals surface area (Å²) in [6.45, 7) is 9.93. The summed E-state index contributed by atoms with van der Waals surface area (Å²) in [4.78, 5) is 13.5. The Morgan fingerprint density at radius 2 is 1.55 bits per heavy atom. The number of anilines is 1. The van der Waals surface area contributed by atoms with Crippen molar-refractivity contribution in [3.8, 4) is 0 Å². The molecule has 1 aliphatic heterocycles. The predicted molar refractivity (Wildman–Crippen MR) is 147 cm³/mol. The van der Waals surface area contributed by atoms with Crippen molar-refractivity contribution in [2.24, 2.45) is 0 Å². The molecule has 1 amide bonds. The highest BCUT2D eigenvalue weighted by atomic mass is 28.5. The first-order valence-corrected chi connectivity index (χ1v) is 24.7. The minimum absolute atomic E-state index is 0.0672. The van der Waals surface area contributed by atoms with Crippen LogP contribution in [0.3, 0.4) is 0 Å². The largest absolute Gasteiger partial charge is 0.458 e. The van der Waals surface area contributed by atoms with E-state index in [0.29, 0.717) is 17.4 Å². The van der Waals surface area contributed by atoms with E-state index in [4.69, 9.17) is 16.5 Å². The van der Waals surface area contributed by atoms with E-state index in [-0.39, 0.29) is 12.2 Å². The van der Waals surface area contributed by atoms with Gasteiger partial charge in [-0.25, -0.2) is 4.39 Å². The van der Waals surface area contributed by atoms with Crippen LogP contribution in [0.2, 0.25) is 57.4 Å². The summed E-state index contributed by atoms with van der Waals surface area (Å²) in [5.41, 5.74) is 0.0672. The van der Waals surface area contributed by atoms with E-state index >= 15 is 0 Å². The lowest BCUT2D eigenvalue weighted by Gasteiger charge is -2.38. The third-order valence-electron chi connectivity index (χ3n) is 6.29. The first-order valence-electron chi connectivity index (χ1n) is 12.5. The Hall–Kier alpha value is -0.776. The van der Waals surface area contributed by atoms with Crippen LogP contribution in [0, 0.1) is 0 Å². The average molecular weight is 636 g/mol. The highest BCUT2D eigenvalue weighted by Gasteiger charge is 2.65. The fraction of sp³-hybridized carbons (Fsp3) is 0.667. The molecule has 1 aromatic carbocycles. The van der Waals surface area contributed by atoms with E-state index < -0.39 is 69.3 Å². The third kappa shape index (κ3) is 9.41. The van der Waals surface area contributed by atoms with Crippen molar-refractivity contribution >= 4 is 56.1 Å². The summed E-state index contributed by atoms with van der Waals surface area (Å²) in [5.74, 6) is -6.79. The number of ether oxygens (including phenoxy) is 1. The van der Waals surface area contributed by atoms with E-state index in [1.54, 1.807) is 6.07 Å². The Bertz CT molecular complexity index is 891. The van der Waals surface area contributed by atoms with Gasteiger partial charge in [0.25, 0.3) is 27.9 Å². The molecule has 0 saturated carbocycles. The van der Waals surface area contributed by atoms with Crippen LogP contribution in [0.4, 0.5) is 27.6 Å². The van der Waals surface area contributed by atoms with Gasteiger partial charge in [-0.3, -0.25) is 9.53 Å². The molecule has 0 N–H and O–H groups in total. The number of hydrogen-bond acceptors (Lipinski definition) is 6. The van der Waals surface area contributed by atoms with Crippen molar-refractivity contribution in [1.82, 2.24) is 0 Å². The minimum atomic E-state index is -5.75. The number of carbonyl (C=O) groups is 1. The lowest BCUT2D eigenvalue weighted by molar-refractivity contribution is -0.321.